The summed E-state index contributed by atoms with van der Waals surface area (Å²) in [4.78, 5) is 21.5. The summed E-state index contributed by atoms with van der Waals surface area (Å²) < 4.78 is 5.14. The van der Waals surface area contributed by atoms with Crippen LogP contribution in [0.25, 0.3) is 0 Å². The molecule has 1 aromatic heterocycles. The lowest BCUT2D eigenvalue weighted by Gasteiger charge is -2.10. The van der Waals surface area contributed by atoms with Crippen molar-refractivity contribution in [2.24, 2.45) is 4.99 Å². The van der Waals surface area contributed by atoms with Crippen molar-refractivity contribution in [2.45, 2.75) is 19.8 Å². The van der Waals surface area contributed by atoms with Crippen LogP contribution in [0.2, 0.25) is 5.02 Å². The number of aromatic nitrogens is 1. The number of ether oxygens (including phenoxy) is 1. The Morgan fingerprint density at radius 1 is 1.17 bits per heavy atom. The monoisotopic (exact) mass is 405 g/mol. The second-order valence-electron chi connectivity index (χ2n) is 7.00. The molecule has 0 radical (unpaired) electrons. The van der Waals surface area contributed by atoms with E-state index in [-0.39, 0.29) is 12.3 Å². The Labute approximate surface area is 174 Å². The highest BCUT2D eigenvalue weighted by molar-refractivity contribution is 6.34. The minimum absolute atomic E-state index is 0.0997. The molecule has 4 rings (SSSR count). The summed E-state index contributed by atoms with van der Waals surface area (Å²) in [5.74, 6) is 1.40. The van der Waals surface area contributed by atoms with Crippen LogP contribution in [0, 0.1) is 6.92 Å². The van der Waals surface area contributed by atoms with Gasteiger partial charge in [-0.2, -0.15) is 0 Å². The summed E-state index contributed by atoms with van der Waals surface area (Å²) in [6.45, 7) is 2.01. The largest absolute Gasteiger partial charge is 0.497 e. The van der Waals surface area contributed by atoms with Crippen LogP contribution in [0.15, 0.2) is 59.7 Å². The number of nitrogens with zero attached hydrogens (tertiary/aromatic N) is 2. The van der Waals surface area contributed by atoms with E-state index in [1.165, 1.54) is 0 Å². The maximum absolute atomic E-state index is 12.5. The summed E-state index contributed by atoms with van der Waals surface area (Å²) in [5, 5.41) is 3.54. The van der Waals surface area contributed by atoms with Crippen molar-refractivity contribution >= 4 is 34.7 Å². The summed E-state index contributed by atoms with van der Waals surface area (Å²) in [6.07, 6.45) is 2.76. The van der Waals surface area contributed by atoms with E-state index in [9.17, 15) is 4.79 Å². The third-order valence-electron chi connectivity index (χ3n) is 4.76. The lowest BCUT2D eigenvalue weighted by atomic mass is 10.0. The molecule has 1 aliphatic rings. The minimum Gasteiger partial charge on any atom is -0.497 e. The van der Waals surface area contributed by atoms with Crippen LogP contribution in [-0.2, 0) is 17.6 Å². The molecule has 0 aliphatic carbocycles. The number of amides is 1. The predicted octanol–water partition coefficient (Wildman–Crippen LogP) is 4.91. The van der Waals surface area contributed by atoms with Gasteiger partial charge in [-0.15, -0.1) is 0 Å². The van der Waals surface area contributed by atoms with Gasteiger partial charge >= 0.3 is 0 Å². The standard InChI is InChI=1S/C23H20ClN3O2/c1-14-9-16-11-21(27-23(16)25-13-14)19-12-17(5-8-20(19)24)26-22(28)10-15-3-6-18(29-2)7-4-15/h3-9,12-13H,10-11H2,1-2H3,(H,26,28). The van der Waals surface area contributed by atoms with E-state index >= 15 is 0 Å². The van der Waals surface area contributed by atoms with Crippen molar-refractivity contribution in [1.82, 2.24) is 4.98 Å². The van der Waals surface area contributed by atoms with E-state index in [2.05, 4.69) is 21.4 Å². The molecule has 6 heteroatoms. The molecule has 2 aromatic carbocycles. The van der Waals surface area contributed by atoms with Crippen LogP contribution in [0.5, 0.6) is 5.75 Å². The third-order valence-corrected chi connectivity index (χ3v) is 5.09. The zero-order valence-electron chi connectivity index (χ0n) is 16.2. The smallest absolute Gasteiger partial charge is 0.228 e. The van der Waals surface area contributed by atoms with E-state index in [4.69, 9.17) is 16.3 Å². The number of anilines is 1. The summed E-state index contributed by atoms with van der Waals surface area (Å²) in [6, 6.07) is 15.0. The fraction of sp³-hybridized carbons (Fsp3) is 0.174. The van der Waals surface area contributed by atoms with Crippen molar-refractivity contribution in [1.29, 1.82) is 0 Å². The number of pyridine rings is 1. The van der Waals surface area contributed by atoms with E-state index in [0.717, 1.165) is 39.5 Å². The number of rotatable bonds is 5. The maximum atomic E-state index is 12.5. The summed E-state index contributed by atoms with van der Waals surface area (Å²) in [7, 11) is 1.62. The molecule has 5 nitrogen and oxygen atoms in total. The zero-order chi connectivity index (χ0) is 20.4. The van der Waals surface area contributed by atoms with Crippen molar-refractivity contribution in [3.05, 3.63) is 82.0 Å². The number of aliphatic imine (C=N–C) groups is 1. The summed E-state index contributed by atoms with van der Waals surface area (Å²) >= 11 is 6.42. The van der Waals surface area contributed by atoms with Gasteiger partial charge in [0.25, 0.3) is 0 Å². The van der Waals surface area contributed by atoms with Gasteiger partial charge in [0.15, 0.2) is 5.82 Å². The van der Waals surface area contributed by atoms with Crippen LogP contribution >= 0.6 is 11.6 Å². The number of benzene rings is 2. The van der Waals surface area contributed by atoms with Crippen molar-refractivity contribution in [3.63, 3.8) is 0 Å². The maximum Gasteiger partial charge on any atom is 0.228 e. The normalized spacial score (nSPS) is 12.3. The molecule has 0 bridgehead atoms. The lowest BCUT2D eigenvalue weighted by molar-refractivity contribution is -0.115. The molecular formula is C23H20ClN3O2. The van der Waals surface area contributed by atoms with Gasteiger partial charge in [0, 0.05) is 34.5 Å². The van der Waals surface area contributed by atoms with Gasteiger partial charge in [-0.3, -0.25) is 4.79 Å². The average Bonchev–Trinajstić information content (AvgIpc) is 3.13. The van der Waals surface area contributed by atoms with Gasteiger partial charge in [-0.1, -0.05) is 29.8 Å². The van der Waals surface area contributed by atoms with Crippen molar-refractivity contribution < 1.29 is 9.53 Å². The van der Waals surface area contributed by atoms with Gasteiger partial charge in [-0.05, 0) is 48.4 Å². The molecule has 0 saturated heterocycles. The molecule has 0 unspecified atom stereocenters. The third kappa shape index (κ3) is 4.30. The van der Waals surface area contributed by atoms with E-state index in [1.807, 2.05) is 43.5 Å². The lowest BCUT2D eigenvalue weighted by Crippen LogP contribution is -2.15. The summed E-state index contributed by atoms with van der Waals surface area (Å²) in [5.41, 5.74) is 5.45. The number of hydrogen-bond acceptors (Lipinski definition) is 4. The van der Waals surface area contributed by atoms with E-state index in [0.29, 0.717) is 17.1 Å². The van der Waals surface area contributed by atoms with Crippen LogP contribution in [0.3, 0.4) is 0 Å². The fourth-order valence-electron chi connectivity index (χ4n) is 3.31. The number of hydrogen-bond donors (Lipinski definition) is 1. The number of carbonyl (C=O) groups is 1. The highest BCUT2D eigenvalue weighted by Crippen LogP contribution is 2.31. The Hall–Kier alpha value is -3.18. The van der Waals surface area contributed by atoms with Crippen LogP contribution in [0.1, 0.15) is 22.3 Å². The first-order valence-corrected chi connectivity index (χ1v) is 9.65. The van der Waals surface area contributed by atoms with Gasteiger partial charge in [-0.25, -0.2) is 9.98 Å². The Balaban J connectivity index is 1.49. The molecule has 1 amide bonds. The van der Waals surface area contributed by atoms with Gasteiger partial charge in [0.05, 0.1) is 19.2 Å². The zero-order valence-corrected chi connectivity index (χ0v) is 17.0. The molecule has 1 N–H and O–H groups in total. The van der Waals surface area contributed by atoms with E-state index < -0.39 is 0 Å². The highest BCUT2D eigenvalue weighted by Gasteiger charge is 2.20. The fourth-order valence-corrected chi connectivity index (χ4v) is 3.54. The van der Waals surface area contributed by atoms with Gasteiger partial charge in [0.2, 0.25) is 5.91 Å². The molecule has 3 aromatic rings. The Morgan fingerprint density at radius 3 is 2.72 bits per heavy atom. The Morgan fingerprint density at radius 2 is 1.97 bits per heavy atom. The first-order chi connectivity index (χ1) is 14.0. The van der Waals surface area contributed by atoms with Crippen LogP contribution < -0.4 is 10.1 Å². The number of methoxy groups -OCH3 is 1. The molecule has 0 atom stereocenters. The van der Waals surface area contributed by atoms with Crippen LogP contribution in [0.4, 0.5) is 11.5 Å². The number of nitrogens with one attached hydrogen (secondary N) is 1. The first kappa shape index (κ1) is 19.2. The predicted molar refractivity (Wildman–Crippen MR) is 116 cm³/mol. The number of fused-ring (bicyclic) bond motifs is 1. The van der Waals surface area contributed by atoms with Gasteiger partial charge in [0.1, 0.15) is 5.75 Å². The van der Waals surface area contributed by atoms with Crippen molar-refractivity contribution in [2.75, 3.05) is 12.4 Å². The molecule has 29 heavy (non-hydrogen) atoms. The molecular weight excluding hydrogens is 386 g/mol. The average molecular weight is 406 g/mol. The molecule has 0 spiro atoms. The highest BCUT2D eigenvalue weighted by atomic mass is 35.5. The van der Waals surface area contributed by atoms with Crippen LogP contribution in [-0.4, -0.2) is 23.7 Å². The number of aryl methyl sites for hydroxylation is 1. The number of halogens is 1. The molecule has 1 aliphatic heterocycles. The molecule has 2 heterocycles. The van der Waals surface area contributed by atoms with Gasteiger partial charge < -0.3 is 10.1 Å². The Bertz CT molecular complexity index is 1110. The minimum atomic E-state index is -0.0997. The molecule has 0 fully saturated rings. The SMILES string of the molecule is COc1ccc(CC(=O)Nc2ccc(Cl)c(C3=Nc4ncc(C)cc4C3)c2)cc1. The molecule has 146 valence electrons. The first-order valence-electron chi connectivity index (χ1n) is 9.27. The second-order valence-corrected chi connectivity index (χ2v) is 7.41. The molecule has 0 saturated carbocycles. The number of carbonyl (C=O) groups excluding carboxylic acids is 1. The second kappa shape index (κ2) is 8.05. The van der Waals surface area contributed by atoms with Crippen molar-refractivity contribution in [3.8, 4) is 5.75 Å². The van der Waals surface area contributed by atoms with E-state index in [1.54, 1.807) is 19.2 Å². The quantitative estimate of drug-likeness (QED) is 0.655. The Kier molecular flexibility index (Phi) is 5.32. The topological polar surface area (TPSA) is 63.6 Å².